The van der Waals surface area contributed by atoms with Gasteiger partial charge in [0.05, 0.1) is 16.0 Å². The van der Waals surface area contributed by atoms with Crippen molar-refractivity contribution in [1.29, 1.82) is 5.41 Å². The third-order valence-electron chi connectivity index (χ3n) is 3.59. The van der Waals surface area contributed by atoms with E-state index in [0.717, 1.165) is 6.26 Å². The normalized spacial score (nSPS) is 12.8. The van der Waals surface area contributed by atoms with E-state index >= 15 is 0 Å². The average molecular weight is 525 g/mol. The quantitative estimate of drug-likeness (QED) is 0.397. The lowest BCUT2D eigenvalue weighted by Gasteiger charge is -2.13. The molecule has 0 bridgehead atoms. The maximum Gasteiger partial charge on any atom is 0.433 e. The van der Waals surface area contributed by atoms with E-state index in [0.29, 0.717) is 0 Å². The molecule has 1 aromatic heterocycles. The number of nitrogens with zero attached hydrogens (tertiary/aromatic N) is 2. The summed E-state index contributed by atoms with van der Waals surface area (Å²) in [5.41, 5.74) is -2.01. The highest BCUT2D eigenvalue weighted by Gasteiger charge is 2.38. The molecule has 0 fully saturated rings. The topological polar surface area (TPSA) is 135 Å². The Kier molecular flexibility index (Phi) is 7.59. The molecule has 14 heteroatoms. The highest BCUT2D eigenvalue weighted by molar-refractivity contribution is 9.12. The van der Waals surface area contributed by atoms with Gasteiger partial charge in [-0.3, -0.25) is 10.2 Å². The highest BCUT2D eigenvalue weighted by atomic mass is 79.9. The second-order valence-corrected chi connectivity index (χ2v) is 8.74. The lowest BCUT2D eigenvalue weighted by molar-refractivity contribution is -0.141. The number of allylic oxidation sites excluding steroid dienone is 1. The summed E-state index contributed by atoms with van der Waals surface area (Å²) in [5.74, 6) is -1.42. The van der Waals surface area contributed by atoms with Gasteiger partial charge >= 0.3 is 12.1 Å². The van der Waals surface area contributed by atoms with Crippen molar-refractivity contribution in [2.75, 3.05) is 19.4 Å². The first-order chi connectivity index (χ1) is 14.3. The largest absolute Gasteiger partial charge is 0.465 e. The first kappa shape index (κ1) is 24.5. The molecule has 0 aliphatic heterocycles. The van der Waals surface area contributed by atoms with E-state index in [1.54, 1.807) is 6.92 Å². The Morgan fingerprint density at radius 2 is 2.00 bits per heavy atom. The minimum Gasteiger partial charge on any atom is -0.465 e. The summed E-state index contributed by atoms with van der Waals surface area (Å²) >= 11 is 2.69. The van der Waals surface area contributed by atoms with Crippen molar-refractivity contribution < 1.29 is 35.5 Å². The van der Waals surface area contributed by atoms with Gasteiger partial charge in [-0.15, -0.1) is 10.2 Å². The third-order valence-corrected chi connectivity index (χ3v) is 5.49. The predicted molar refractivity (Wildman–Crippen MR) is 107 cm³/mol. The Hall–Kier alpha value is -2.74. The van der Waals surface area contributed by atoms with Crippen LogP contribution in [0.1, 0.15) is 12.8 Å². The predicted octanol–water partition coefficient (Wildman–Crippen LogP) is 2.94. The van der Waals surface area contributed by atoms with E-state index in [1.165, 1.54) is 24.3 Å². The molecule has 0 saturated carbocycles. The van der Waals surface area contributed by atoms with E-state index in [9.17, 15) is 26.4 Å². The zero-order valence-corrected chi connectivity index (χ0v) is 18.5. The molecule has 2 N–H and O–H groups in total. The van der Waals surface area contributed by atoms with E-state index < -0.39 is 50.3 Å². The monoisotopic (exact) mass is 524 g/mol. The van der Waals surface area contributed by atoms with Gasteiger partial charge in [0.2, 0.25) is 5.89 Å². The second-order valence-electron chi connectivity index (χ2n) is 5.93. The van der Waals surface area contributed by atoms with Crippen molar-refractivity contribution in [2.45, 2.75) is 18.0 Å². The number of alkyl halides is 3. The smallest absolute Gasteiger partial charge is 0.433 e. The molecular formula is C17H16BrF3N4O5S. The van der Waals surface area contributed by atoms with Crippen LogP contribution in [0.5, 0.6) is 0 Å². The summed E-state index contributed by atoms with van der Waals surface area (Å²) in [7, 11) is -3.53. The van der Waals surface area contributed by atoms with E-state index in [-0.39, 0.29) is 23.0 Å². The van der Waals surface area contributed by atoms with Crippen molar-refractivity contribution in [3.63, 3.8) is 0 Å². The van der Waals surface area contributed by atoms with Crippen LogP contribution in [0, 0.1) is 5.41 Å². The molecule has 0 saturated heterocycles. The molecule has 0 unspecified atom stereocenters. The number of esters is 1. The average Bonchev–Trinajstić information content (AvgIpc) is 3.16. The van der Waals surface area contributed by atoms with Gasteiger partial charge in [0, 0.05) is 11.8 Å². The van der Waals surface area contributed by atoms with Gasteiger partial charge in [-0.25, -0.2) is 8.42 Å². The fraction of sp³-hybridized carbons (Fsp3) is 0.294. The molecule has 0 spiro atoms. The molecule has 0 amide bonds. The minimum absolute atomic E-state index is 0.0269. The van der Waals surface area contributed by atoms with Crippen LogP contribution >= 0.6 is 15.9 Å². The Balaban J connectivity index is 2.48. The van der Waals surface area contributed by atoms with Crippen molar-refractivity contribution >= 4 is 43.1 Å². The highest BCUT2D eigenvalue weighted by Crippen LogP contribution is 2.30. The zero-order valence-electron chi connectivity index (χ0n) is 16.1. The summed E-state index contributed by atoms with van der Waals surface area (Å²) in [6, 6.07) is 5.51. The fourth-order valence-corrected chi connectivity index (χ4v) is 3.37. The Bertz CT molecular complexity index is 1130. The fourth-order valence-electron chi connectivity index (χ4n) is 2.17. The Morgan fingerprint density at radius 3 is 2.58 bits per heavy atom. The van der Waals surface area contributed by atoms with Crippen LogP contribution in [-0.4, -0.2) is 55.9 Å². The summed E-state index contributed by atoms with van der Waals surface area (Å²) < 4.78 is 71.8. The standard InChI is InChI=1S/C17H16BrF3N4O5S/c1-3-29-11(26)8-23-13(12(18)14(22)17(19,20)21)16-25-24-15(30-16)9-5-4-6-10(7-9)31(2,27)28/h4-7,22-23H,3,8H2,1-2H3/b13-12+,22-14?. The Morgan fingerprint density at radius 1 is 1.32 bits per heavy atom. The molecule has 0 aliphatic rings. The number of aromatic nitrogens is 2. The zero-order chi connectivity index (χ0) is 23.4. The molecule has 2 rings (SSSR count). The van der Waals surface area contributed by atoms with Crippen LogP contribution in [0.4, 0.5) is 13.2 Å². The number of hydrogen-bond acceptors (Lipinski definition) is 9. The van der Waals surface area contributed by atoms with Gasteiger partial charge in [0.25, 0.3) is 5.89 Å². The molecule has 168 valence electrons. The van der Waals surface area contributed by atoms with Crippen LogP contribution in [0.3, 0.4) is 0 Å². The summed E-state index contributed by atoms with van der Waals surface area (Å²) in [4.78, 5) is 11.6. The number of halogens is 4. The number of carbonyl (C=O) groups is 1. The van der Waals surface area contributed by atoms with Crippen LogP contribution in [0.25, 0.3) is 17.2 Å². The molecule has 1 heterocycles. The van der Waals surface area contributed by atoms with Gasteiger partial charge < -0.3 is 14.5 Å². The number of hydrogen-bond donors (Lipinski definition) is 2. The van der Waals surface area contributed by atoms with Crippen molar-refractivity contribution in [2.24, 2.45) is 0 Å². The van der Waals surface area contributed by atoms with E-state index in [2.05, 4.69) is 31.4 Å². The summed E-state index contributed by atoms with van der Waals surface area (Å²) in [5, 5.41) is 17.1. The lowest BCUT2D eigenvalue weighted by atomic mass is 10.2. The number of carbonyl (C=O) groups excluding carboxylic acids is 1. The molecule has 0 atom stereocenters. The molecule has 9 nitrogen and oxygen atoms in total. The van der Waals surface area contributed by atoms with E-state index in [1.807, 2.05) is 0 Å². The maximum absolute atomic E-state index is 13.0. The van der Waals surface area contributed by atoms with Gasteiger partial charge in [0.15, 0.2) is 15.5 Å². The van der Waals surface area contributed by atoms with Gasteiger partial charge in [-0.2, -0.15) is 13.2 Å². The van der Waals surface area contributed by atoms with Crippen molar-refractivity contribution in [3.05, 3.63) is 34.6 Å². The van der Waals surface area contributed by atoms with Crippen LogP contribution < -0.4 is 5.32 Å². The molecule has 0 aliphatic carbocycles. The van der Waals surface area contributed by atoms with Crippen LogP contribution in [0.2, 0.25) is 0 Å². The molecule has 2 aromatic rings. The Labute approximate surface area is 183 Å². The first-order valence-electron chi connectivity index (χ1n) is 8.44. The van der Waals surface area contributed by atoms with Gasteiger partial charge in [0.1, 0.15) is 12.2 Å². The SMILES string of the molecule is CCOC(=O)CN/C(=C(/Br)C(=N)C(F)(F)F)c1nnc(-c2cccc(S(C)(=O)=O)c2)o1. The van der Waals surface area contributed by atoms with Gasteiger partial charge in [-0.1, -0.05) is 6.07 Å². The number of ether oxygens (including phenoxy) is 1. The lowest BCUT2D eigenvalue weighted by Crippen LogP contribution is -2.28. The van der Waals surface area contributed by atoms with Crippen molar-refractivity contribution in [3.8, 4) is 11.5 Å². The van der Waals surface area contributed by atoms with Crippen molar-refractivity contribution in [1.82, 2.24) is 15.5 Å². The molecular weight excluding hydrogens is 509 g/mol. The number of benzene rings is 1. The van der Waals surface area contributed by atoms with Gasteiger partial charge in [-0.05, 0) is 41.1 Å². The maximum atomic E-state index is 13.0. The second kappa shape index (κ2) is 9.60. The van der Waals surface area contributed by atoms with Crippen LogP contribution in [-0.2, 0) is 19.4 Å². The molecule has 31 heavy (non-hydrogen) atoms. The first-order valence-corrected chi connectivity index (χ1v) is 11.1. The molecule has 1 aromatic carbocycles. The number of nitrogens with one attached hydrogen (secondary N) is 2. The third kappa shape index (κ3) is 6.37. The van der Waals surface area contributed by atoms with E-state index in [4.69, 9.17) is 14.6 Å². The summed E-state index contributed by atoms with van der Waals surface area (Å²) in [6.45, 7) is 1.07. The molecule has 0 radical (unpaired) electrons. The number of rotatable bonds is 8. The minimum atomic E-state index is -5.00. The van der Waals surface area contributed by atoms with Crippen LogP contribution in [0.15, 0.2) is 38.1 Å². The number of sulfone groups is 1. The summed E-state index contributed by atoms with van der Waals surface area (Å²) in [6.07, 6.45) is -3.99.